The van der Waals surface area contributed by atoms with Crippen molar-refractivity contribution in [2.24, 2.45) is 5.92 Å². The van der Waals surface area contributed by atoms with Gasteiger partial charge in [0.25, 0.3) is 5.91 Å². The molecular weight excluding hydrogens is 314 g/mol. The number of anilines is 1. The summed E-state index contributed by atoms with van der Waals surface area (Å²) in [7, 11) is 3.97. The van der Waals surface area contributed by atoms with Gasteiger partial charge in [-0.3, -0.25) is 4.79 Å². The first-order valence-corrected chi connectivity index (χ1v) is 9.39. The molecule has 1 saturated heterocycles. The third-order valence-corrected chi connectivity index (χ3v) is 4.90. The number of ether oxygens (including phenoxy) is 1. The molecule has 140 valence electrons. The summed E-state index contributed by atoms with van der Waals surface area (Å²) in [5.74, 6) is 0.493. The minimum atomic E-state index is 0.0327. The van der Waals surface area contributed by atoms with Crippen LogP contribution in [0, 0.1) is 5.92 Å². The summed E-state index contributed by atoms with van der Waals surface area (Å²) in [5.41, 5.74) is 1.78. The molecule has 1 heterocycles. The number of rotatable bonds is 8. The van der Waals surface area contributed by atoms with E-state index in [1.54, 1.807) is 0 Å². The van der Waals surface area contributed by atoms with Crippen molar-refractivity contribution in [1.29, 1.82) is 0 Å². The van der Waals surface area contributed by atoms with Crippen LogP contribution >= 0.6 is 0 Å². The SMILES string of the molecule is CCOCCCN1CC[C@@H](NC(=O)c2cccc(N(C)C)c2)[C@H](C)C1. The molecule has 0 spiro atoms. The van der Waals surface area contributed by atoms with Crippen molar-refractivity contribution < 1.29 is 9.53 Å². The molecule has 0 bridgehead atoms. The van der Waals surface area contributed by atoms with Gasteiger partial charge < -0.3 is 19.9 Å². The normalized spacial score (nSPS) is 21.1. The number of likely N-dealkylation sites (tertiary alicyclic amines) is 1. The quantitative estimate of drug-likeness (QED) is 0.734. The Morgan fingerprint density at radius 3 is 2.88 bits per heavy atom. The van der Waals surface area contributed by atoms with Crippen molar-refractivity contribution in [3.8, 4) is 0 Å². The summed E-state index contributed by atoms with van der Waals surface area (Å²) in [4.78, 5) is 17.1. The highest BCUT2D eigenvalue weighted by Crippen LogP contribution is 2.19. The van der Waals surface area contributed by atoms with Gasteiger partial charge in [0.1, 0.15) is 0 Å². The van der Waals surface area contributed by atoms with E-state index in [2.05, 4.69) is 17.1 Å². The van der Waals surface area contributed by atoms with Gasteiger partial charge in [-0.25, -0.2) is 0 Å². The zero-order valence-electron chi connectivity index (χ0n) is 16.1. The van der Waals surface area contributed by atoms with Gasteiger partial charge in [-0.1, -0.05) is 13.0 Å². The Morgan fingerprint density at radius 1 is 1.40 bits per heavy atom. The first kappa shape index (κ1) is 19.7. The number of hydrogen-bond donors (Lipinski definition) is 1. The Labute approximate surface area is 152 Å². The number of nitrogens with zero attached hydrogens (tertiary/aromatic N) is 2. The summed E-state index contributed by atoms with van der Waals surface area (Å²) in [5, 5.41) is 3.24. The van der Waals surface area contributed by atoms with Crippen LogP contribution in [0.2, 0.25) is 0 Å². The second-order valence-corrected chi connectivity index (χ2v) is 7.14. The fraction of sp³-hybridized carbons (Fsp3) is 0.650. The molecular formula is C20H33N3O2. The van der Waals surface area contributed by atoms with E-state index in [9.17, 15) is 4.79 Å². The van der Waals surface area contributed by atoms with Crippen LogP contribution in [0.1, 0.15) is 37.0 Å². The zero-order valence-corrected chi connectivity index (χ0v) is 16.1. The van der Waals surface area contributed by atoms with E-state index in [4.69, 9.17) is 4.74 Å². The molecule has 0 unspecified atom stereocenters. The third kappa shape index (κ3) is 6.01. The summed E-state index contributed by atoms with van der Waals surface area (Å²) >= 11 is 0. The number of amides is 1. The van der Waals surface area contributed by atoms with E-state index < -0.39 is 0 Å². The monoisotopic (exact) mass is 347 g/mol. The largest absolute Gasteiger partial charge is 0.382 e. The molecule has 1 aromatic rings. The van der Waals surface area contributed by atoms with Gasteiger partial charge in [0, 0.05) is 64.2 Å². The van der Waals surface area contributed by atoms with E-state index >= 15 is 0 Å². The minimum absolute atomic E-state index is 0.0327. The van der Waals surface area contributed by atoms with Crippen molar-refractivity contribution in [3.63, 3.8) is 0 Å². The number of hydrogen-bond acceptors (Lipinski definition) is 4. The van der Waals surface area contributed by atoms with Gasteiger partial charge in [-0.2, -0.15) is 0 Å². The van der Waals surface area contributed by atoms with Gasteiger partial charge in [-0.05, 0) is 43.9 Å². The van der Waals surface area contributed by atoms with Gasteiger partial charge in [0.15, 0.2) is 0 Å². The summed E-state index contributed by atoms with van der Waals surface area (Å²) < 4.78 is 5.41. The topological polar surface area (TPSA) is 44.8 Å². The first-order chi connectivity index (χ1) is 12.0. The molecule has 0 radical (unpaired) electrons. The molecule has 2 rings (SSSR count). The van der Waals surface area contributed by atoms with Gasteiger partial charge in [0.05, 0.1) is 0 Å². The maximum atomic E-state index is 12.6. The molecule has 1 fully saturated rings. The van der Waals surface area contributed by atoms with Crippen molar-refractivity contribution in [2.45, 2.75) is 32.7 Å². The highest BCUT2D eigenvalue weighted by molar-refractivity contribution is 5.95. The Hall–Kier alpha value is -1.59. The molecule has 1 aliphatic heterocycles. The Bertz CT molecular complexity index is 547. The number of benzene rings is 1. The second-order valence-electron chi connectivity index (χ2n) is 7.14. The molecule has 0 aliphatic carbocycles. The Balaban J connectivity index is 1.83. The molecule has 1 aliphatic rings. The van der Waals surface area contributed by atoms with Crippen molar-refractivity contribution >= 4 is 11.6 Å². The molecule has 5 heteroatoms. The van der Waals surface area contributed by atoms with E-state index in [1.165, 1.54) is 0 Å². The highest BCUT2D eigenvalue weighted by Gasteiger charge is 2.27. The lowest BCUT2D eigenvalue weighted by molar-refractivity contribution is 0.0843. The van der Waals surface area contributed by atoms with Crippen LogP contribution in [0.5, 0.6) is 0 Å². The standard InChI is InChI=1S/C20H33N3O2/c1-5-25-13-7-11-23-12-10-19(16(2)15-23)21-20(24)17-8-6-9-18(14-17)22(3)4/h6,8-9,14,16,19H,5,7,10-13,15H2,1-4H3,(H,21,24)/t16-,19-/m1/s1. The lowest BCUT2D eigenvalue weighted by Gasteiger charge is -2.37. The molecule has 1 N–H and O–H groups in total. The van der Waals surface area contributed by atoms with E-state index in [0.717, 1.165) is 56.9 Å². The Morgan fingerprint density at radius 2 is 2.20 bits per heavy atom. The van der Waals surface area contributed by atoms with Crippen LogP contribution in [-0.4, -0.2) is 63.8 Å². The van der Waals surface area contributed by atoms with Crippen LogP contribution < -0.4 is 10.2 Å². The number of piperidine rings is 1. The maximum absolute atomic E-state index is 12.6. The van der Waals surface area contributed by atoms with Gasteiger partial charge >= 0.3 is 0 Å². The smallest absolute Gasteiger partial charge is 0.251 e. The zero-order chi connectivity index (χ0) is 18.2. The fourth-order valence-electron chi connectivity index (χ4n) is 3.36. The number of carbonyl (C=O) groups is 1. The Kier molecular flexibility index (Phi) is 7.72. The van der Waals surface area contributed by atoms with Crippen LogP contribution in [0.4, 0.5) is 5.69 Å². The summed E-state index contributed by atoms with van der Waals surface area (Å²) in [6, 6.07) is 8.03. The van der Waals surface area contributed by atoms with E-state index in [1.807, 2.05) is 50.2 Å². The molecule has 5 nitrogen and oxygen atoms in total. The summed E-state index contributed by atoms with van der Waals surface area (Å²) in [6.07, 6.45) is 2.09. The fourth-order valence-corrected chi connectivity index (χ4v) is 3.36. The average Bonchev–Trinajstić information content (AvgIpc) is 2.61. The molecule has 25 heavy (non-hydrogen) atoms. The van der Waals surface area contributed by atoms with E-state index in [0.29, 0.717) is 5.92 Å². The number of nitrogens with one attached hydrogen (secondary N) is 1. The molecule has 1 aromatic carbocycles. The van der Waals surface area contributed by atoms with Gasteiger partial charge in [0.2, 0.25) is 0 Å². The highest BCUT2D eigenvalue weighted by atomic mass is 16.5. The van der Waals surface area contributed by atoms with Crippen LogP contribution in [0.25, 0.3) is 0 Å². The lowest BCUT2D eigenvalue weighted by atomic mass is 9.93. The van der Waals surface area contributed by atoms with Crippen LogP contribution in [0.15, 0.2) is 24.3 Å². The maximum Gasteiger partial charge on any atom is 0.251 e. The van der Waals surface area contributed by atoms with E-state index in [-0.39, 0.29) is 11.9 Å². The van der Waals surface area contributed by atoms with Crippen molar-refractivity contribution in [3.05, 3.63) is 29.8 Å². The van der Waals surface area contributed by atoms with Crippen molar-refractivity contribution in [2.75, 3.05) is 51.8 Å². The average molecular weight is 348 g/mol. The second kappa shape index (κ2) is 9.78. The van der Waals surface area contributed by atoms with Gasteiger partial charge in [-0.15, -0.1) is 0 Å². The third-order valence-electron chi connectivity index (χ3n) is 4.90. The van der Waals surface area contributed by atoms with Crippen molar-refractivity contribution in [1.82, 2.24) is 10.2 Å². The first-order valence-electron chi connectivity index (χ1n) is 9.39. The summed E-state index contributed by atoms with van der Waals surface area (Å²) in [6.45, 7) is 9.05. The van der Waals surface area contributed by atoms with Crippen LogP contribution in [-0.2, 0) is 4.74 Å². The van der Waals surface area contributed by atoms with Crippen LogP contribution in [0.3, 0.4) is 0 Å². The lowest BCUT2D eigenvalue weighted by Crippen LogP contribution is -2.50. The molecule has 0 saturated carbocycles. The minimum Gasteiger partial charge on any atom is -0.382 e. The molecule has 1 amide bonds. The molecule has 2 atom stereocenters. The number of carbonyl (C=O) groups excluding carboxylic acids is 1. The predicted molar refractivity (Wildman–Crippen MR) is 103 cm³/mol. The molecule has 0 aromatic heterocycles. The predicted octanol–water partition coefficient (Wildman–Crippen LogP) is 2.62.